The maximum atomic E-state index is 11.4. The van der Waals surface area contributed by atoms with E-state index < -0.39 is 0 Å². The zero-order valence-corrected chi connectivity index (χ0v) is 9.01. The van der Waals surface area contributed by atoms with Crippen molar-refractivity contribution in [3.63, 3.8) is 0 Å². The van der Waals surface area contributed by atoms with Crippen LogP contribution in [0.25, 0.3) is 0 Å². The SMILES string of the molecule is COCC(C)CNC(=O)CC1CNC1. The smallest absolute Gasteiger partial charge is 0.220 e. The molecule has 14 heavy (non-hydrogen) atoms. The molecular weight excluding hydrogens is 180 g/mol. The topological polar surface area (TPSA) is 50.4 Å². The summed E-state index contributed by atoms with van der Waals surface area (Å²) in [6.45, 7) is 5.45. The number of amides is 1. The summed E-state index contributed by atoms with van der Waals surface area (Å²) in [6.07, 6.45) is 0.659. The second kappa shape index (κ2) is 5.98. The zero-order valence-electron chi connectivity index (χ0n) is 9.01. The molecule has 0 aromatic rings. The van der Waals surface area contributed by atoms with Crippen molar-refractivity contribution in [2.24, 2.45) is 11.8 Å². The van der Waals surface area contributed by atoms with E-state index in [-0.39, 0.29) is 5.91 Å². The highest BCUT2D eigenvalue weighted by molar-refractivity contribution is 5.76. The molecule has 1 amide bonds. The molecule has 0 spiro atoms. The lowest BCUT2D eigenvalue weighted by molar-refractivity contribution is -0.122. The van der Waals surface area contributed by atoms with Crippen molar-refractivity contribution in [3.05, 3.63) is 0 Å². The Balaban J connectivity index is 2.01. The van der Waals surface area contributed by atoms with Crippen LogP contribution < -0.4 is 10.6 Å². The van der Waals surface area contributed by atoms with Crippen molar-refractivity contribution in [1.29, 1.82) is 0 Å². The second-order valence-electron chi connectivity index (χ2n) is 4.09. The van der Waals surface area contributed by atoms with Gasteiger partial charge in [-0.1, -0.05) is 6.92 Å². The van der Waals surface area contributed by atoms with E-state index in [9.17, 15) is 4.79 Å². The van der Waals surface area contributed by atoms with Crippen LogP contribution in [-0.2, 0) is 9.53 Å². The summed E-state index contributed by atoms with van der Waals surface area (Å²) in [5, 5.41) is 6.07. The van der Waals surface area contributed by atoms with E-state index in [4.69, 9.17) is 4.74 Å². The summed E-state index contributed by atoms with van der Waals surface area (Å²) >= 11 is 0. The molecular formula is C10H20N2O2. The van der Waals surface area contributed by atoms with Crippen LogP contribution in [-0.4, -0.2) is 39.3 Å². The first-order valence-corrected chi connectivity index (χ1v) is 5.18. The number of nitrogens with one attached hydrogen (secondary N) is 2. The third-order valence-electron chi connectivity index (χ3n) is 2.44. The maximum Gasteiger partial charge on any atom is 0.220 e. The lowest BCUT2D eigenvalue weighted by Crippen LogP contribution is -2.45. The largest absolute Gasteiger partial charge is 0.384 e. The molecule has 1 unspecified atom stereocenters. The molecule has 0 radical (unpaired) electrons. The fraction of sp³-hybridized carbons (Fsp3) is 0.900. The van der Waals surface area contributed by atoms with Crippen LogP contribution in [0.1, 0.15) is 13.3 Å². The van der Waals surface area contributed by atoms with Crippen molar-refractivity contribution in [1.82, 2.24) is 10.6 Å². The minimum atomic E-state index is 0.166. The molecule has 82 valence electrons. The van der Waals surface area contributed by atoms with Crippen molar-refractivity contribution in [2.75, 3.05) is 33.4 Å². The zero-order chi connectivity index (χ0) is 10.4. The van der Waals surface area contributed by atoms with E-state index in [1.165, 1.54) is 0 Å². The van der Waals surface area contributed by atoms with Crippen molar-refractivity contribution < 1.29 is 9.53 Å². The number of methoxy groups -OCH3 is 1. The number of rotatable bonds is 6. The average molecular weight is 200 g/mol. The molecule has 1 heterocycles. The predicted molar refractivity (Wildman–Crippen MR) is 55.0 cm³/mol. The van der Waals surface area contributed by atoms with Gasteiger partial charge >= 0.3 is 0 Å². The monoisotopic (exact) mass is 200 g/mol. The van der Waals surface area contributed by atoms with E-state index in [2.05, 4.69) is 17.6 Å². The quantitative estimate of drug-likeness (QED) is 0.634. The highest BCUT2D eigenvalue weighted by Crippen LogP contribution is 2.07. The molecule has 1 atom stereocenters. The van der Waals surface area contributed by atoms with Crippen LogP contribution in [0.4, 0.5) is 0 Å². The van der Waals surface area contributed by atoms with Gasteiger partial charge < -0.3 is 15.4 Å². The Morgan fingerprint density at radius 3 is 2.86 bits per heavy atom. The summed E-state index contributed by atoms with van der Waals surface area (Å²) in [6, 6.07) is 0. The minimum Gasteiger partial charge on any atom is -0.384 e. The van der Waals surface area contributed by atoms with Gasteiger partial charge in [0.25, 0.3) is 0 Å². The third kappa shape index (κ3) is 4.07. The van der Waals surface area contributed by atoms with Crippen LogP contribution in [0, 0.1) is 11.8 Å². The van der Waals surface area contributed by atoms with Gasteiger partial charge in [-0.15, -0.1) is 0 Å². The number of ether oxygens (including phenoxy) is 1. The van der Waals surface area contributed by atoms with Crippen LogP contribution in [0.2, 0.25) is 0 Å². The molecule has 1 aliphatic rings. The first-order valence-electron chi connectivity index (χ1n) is 5.18. The van der Waals surface area contributed by atoms with Gasteiger partial charge in [-0.05, 0) is 24.9 Å². The van der Waals surface area contributed by atoms with Crippen LogP contribution >= 0.6 is 0 Å². The number of hydrogen-bond acceptors (Lipinski definition) is 3. The summed E-state index contributed by atoms with van der Waals surface area (Å²) in [5.41, 5.74) is 0. The normalized spacial score (nSPS) is 18.7. The summed E-state index contributed by atoms with van der Waals surface area (Å²) < 4.78 is 4.99. The van der Waals surface area contributed by atoms with Gasteiger partial charge in [0.2, 0.25) is 5.91 Å². The first-order chi connectivity index (χ1) is 6.72. The average Bonchev–Trinajstić information content (AvgIpc) is 2.09. The minimum absolute atomic E-state index is 0.166. The highest BCUT2D eigenvalue weighted by Gasteiger charge is 2.19. The van der Waals surface area contributed by atoms with Gasteiger partial charge in [0.1, 0.15) is 0 Å². The van der Waals surface area contributed by atoms with E-state index in [1.807, 2.05) is 0 Å². The van der Waals surface area contributed by atoms with Gasteiger partial charge in [0.15, 0.2) is 0 Å². The van der Waals surface area contributed by atoms with Crippen molar-refractivity contribution in [3.8, 4) is 0 Å². The van der Waals surface area contributed by atoms with Gasteiger partial charge in [0.05, 0.1) is 6.61 Å². The van der Waals surface area contributed by atoms with Gasteiger partial charge in [-0.2, -0.15) is 0 Å². The lowest BCUT2D eigenvalue weighted by atomic mass is 9.99. The van der Waals surface area contributed by atoms with Gasteiger partial charge in [0, 0.05) is 20.1 Å². The fourth-order valence-corrected chi connectivity index (χ4v) is 1.46. The van der Waals surface area contributed by atoms with E-state index in [1.54, 1.807) is 7.11 Å². The Bertz CT molecular complexity index is 181. The summed E-state index contributed by atoms with van der Waals surface area (Å²) in [4.78, 5) is 11.4. The Hall–Kier alpha value is -0.610. The van der Waals surface area contributed by atoms with Crippen molar-refractivity contribution in [2.45, 2.75) is 13.3 Å². The molecule has 0 aromatic heterocycles. The molecule has 4 nitrogen and oxygen atoms in total. The Labute approximate surface area is 85.4 Å². The standard InChI is InChI=1S/C10H20N2O2/c1-8(7-14-2)4-12-10(13)3-9-5-11-6-9/h8-9,11H,3-7H2,1-2H3,(H,12,13). The van der Waals surface area contributed by atoms with E-state index in [0.29, 0.717) is 31.4 Å². The molecule has 1 fully saturated rings. The van der Waals surface area contributed by atoms with Crippen molar-refractivity contribution >= 4 is 5.91 Å². The molecule has 2 N–H and O–H groups in total. The molecule has 1 aliphatic heterocycles. The number of hydrogen-bond donors (Lipinski definition) is 2. The Morgan fingerprint density at radius 1 is 1.64 bits per heavy atom. The maximum absolute atomic E-state index is 11.4. The lowest BCUT2D eigenvalue weighted by Gasteiger charge is -2.26. The summed E-state index contributed by atoms with van der Waals surface area (Å²) in [7, 11) is 1.68. The van der Waals surface area contributed by atoms with Gasteiger partial charge in [-0.25, -0.2) is 0 Å². The Morgan fingerprint density at radius 2 is 2.36 bits per heavy atom. The molecule has 4 heteroatoms. The second-order valence-corrected chi connectivity index (χ2v) is 4.09. The third-order valence-corrected chi connectivity index (χ3v) is 2.44. The number of carbonyl (C=O) groups excluding carboxylic acids is 1. The Kier molecular flexibility index (Phi) is 4.90. The van der Waals surface area contributed by atoms with Crippen LogP contribution in [0.15, 0.2) is 0 Å². The highest BCUT2D eigenvalue weighted by atomic mass is 16.5. The molecule has 0 aliphatic carbocycles. The molecule has 0 saturated carbocycles. The fourth-order valence-electron chi connectivity index (χ4n) is 1.46. The first kappa shape index (κ1) is 11.5. The van der Waals surface area contributed by atoms with Crippen LogP contribution in [0.5, 0.6) is 0 Å². The van der Waals surface area contributed by atoms with Gasteiger partial charge in [-0.3, -0.25) is 4.79 Å². The molecule has 1 rings (SSSR count). The predicted octanol–water partition coefficient (Wildman–Crippen LogP) is -0.00540. The molecule has 0 bridgehead atoms. The van der Waals surface area contributed by atoms with E-state index >= 15 is 0 Å². The molecule has 1 saturated heterocycles. The summed E-state index contributed by atoms with van der Waals surface area (Å²) in [5.74, 6) is 1.11. The molecule has 0 aromatic carbocycles. The van der Waals surface area contributed by atoms with E-state index in [0.717, 1.165) is 13.1 Å². The number of carbonyl (C=O) groups is 1. The van der Waals surface area contributed by atoms with Crippen LogP contribution in [0.3, 0.4) is 0 Å².